The molecule has 3 heteroatoms. The lowest BCUT2D eigenvalue weighted by atomic mass is 9.76. The van der Waals surface area contributed by atoms with Crippen LogP contribution in [0.2, 0.25) is 5.02 Å². The van der Waals surface area contributed by atoms with E-state index in [0.29, 0.717) is 6.04 Å². The largest absolute Gasteiger partial charge is 0.310 e. The third-order valence-electron chi connectivity index (χ3n) is 4.36. The molecule has 1 aromatic rings. The maximum atomic E-state index is 6.08. The van der Waals surface area contributed by atoms with Gasteiger partial charge in [-0.25, -0.2) is 0 Å². The van der Waals surface area contributed by atoms with Crippen LogP contribution in [0.5, 0.6) is 0 Å². The molecule has 1 aromatic carbocycles. The van der Waals surface area contributed by atoms with E-state index in [2.05, 4.69) is 41.2 Å². The van der Waals surface area contributed by atoms with Crippen LogP contribution in [0, 0.1) is 11.8 Å². The van der Waals surface area contributed by atoms with Crippen LogP contribution in [-0.2, 0) is 0 Å². The summed E-state index contributed by atoms with van der Waals surface area (Å²) in [4.78, 5) is 0. The van der Waals surface area contributed by atoms with Crippen LogP contribution >= 0.6 is 27.5 Å². The maximum Gasteiger partial charge on any atom is 0.0417 e. The summed E-state index contributed by atoms with van der Waals surface area (Å²) in [7, 11) is 0. The van der Waals surface area contributed by atoms with E-state index in [1.165, 1.54) is 37.7 Å². The highest BCUT2D eigenvalue weighted by atomic mass is 79.9. The molecule has 20 heavy (non-hydrogen) atoms. The molecule has 2 rings (SSSR count). The average Bonchev–Trinajstić information content (AvgIpc) is 2.41. The fourth-order valence-electron chi connectivity index (χ4n) is 3.37. The van der Waals surface area contributed by atoms with Crippen molar-refractivity contribution >= 4 is 27.5 Å². The highest BCUT2D eigenvalue weighted by Gasteiger charge is 2.28. The van der Waals surface area contributed by atoms with E-state index < -0.39 is 0 Å². The Morgan fingerprint density at radius 3 is 2.85 bits per heavy atom. The van der Waals surface area contributed by atoms with Crippen molar-refractivity contribution in [1.29, 1.82) is 0 Å². The number of halogens is 2. The van der Waals surface area contributed by atoms with Gasteiger partial charge in [-0.3, -0.25) is 0 Å². The second-order valence-corrected chi connectivity index (χ2v) is 7.42. The van der Waals surface area contributed by atoms with E-state index in [-0.39, 0.29) is 0 Å². The predicted octanol–water partition coefficient (Wildman–Crippen LogP) is 5.97. The minimum atomic E-state index is 0.448. The SMILES string of the molecule is CCCNC(c1ccc(Cl)cc1Br)C1CCCC(C)C1. The normalized spacial score (nSPS) is 24.6. The number of hydrogen-bond donors (Lipinski definition) is 1. The van der Waals surface area contributed by atoms with Crippen LogP contribution in [0.15, 0.2) is 22.7 Å². The van der Waals surface area contributed by atoms with Crippen molar-refractivity contribution in [3.8, 4) is 0 Å². The van der Waals surface area contributed by atoms with Crippen molar-refractivity contribution in [3.05, 3.63) is 33.3 Å². The Morgan fingerprint density at radius 1 is 1.40 bits per heavy atom. The van der Waals surface area contributed by atoms with Gasteiger partial charge in [0.2, 0.25) is 0 Å². The zero-order valence-electron chi connectivity index (χ0n) is 12.5. The topological polar surface area (TPSA) is 12.0 Å². The van der Waals surface area contributed by atoms with E-state index in [9.17, 15) is 0 Å². The summed E-state index contributed by atoms with van der Waals surface area (Å²) < 4.78 is 1.14. The van der Waals surface area contributed by atoms with Gasteiger partial charge in [-0.2, -0.15) is 0 Å². The minimum absolute atomic E-state index is 0.448. The first-order valence-electron chi connectivity index (χ1n) is 7.80. The number of rotatable bonds is 5. The lowest BCUT2D eigenvalue weighted by molar-refractivity contribution is 0.223. The van der Waals surface area contributed by atoms with Gasteiger partial charge in [0.05, 0.1) is 0 Å². The third kappa shape index (κ3) is 4.22. The molecule has 3 atom stereocenters. The summed E-state index contributed by atoms with van der Waals surface area (Å²) in [6.45, 7) is 5.69. The Morgan fingerprint density at radius 2 is 2.20 bits per heavy atom. The molecular weight excluding hydrogens is 334 g/mol. The Bertz CT molecular complexity index is 435. The molecule has 0 heterocycles. The van der Waals surface area contributed by atoms with Gasteiger partial charge in [0.15, 0.2) is 0 Å². The van der Waals surface area contributed by atoms with Crippen molar-refractivity contribution in [3.63, 3.8) is 0 Å². The summed E-state index contributed by atoms with van der Waals surface area (Å²) in [5.41, 5.74) is 1.36. The summed E-state index contributed by atoms with van der Waals surface area (Å²) in [6, 6.07) is 6.65. The van der Waals surface area contributed by atoms with E-state index in [1.807, 2.05) is 12.1 Å². The Balaban J connectivity index is 2.21. The maximum absolute atomic E-state index is 6.08. The quantitative estimate of drug-likeness (QED) is 0.683. The first-order valence-corrected chi connectivity index (χ1v) is 8.97. The van der Waals surface area contributed by atoms with Crippen LogP contribution in [0.1, 0.15) is 57.6 Å². The molecule has 1 N–H and O–H groups in total. The molecule has 1 nitrogen and oxygen atoms in total. The zero-order valence-corrected chi connectivity index (χ0v) is 14.8. The summed E-state index contributed by atoms with van der Waals surface area (Å²) in [5, 5.41) is 4.56. The second-order valence-electron chi connectivity index (χ2n) is 6.13. The minimum Gasteiger partial charge on any atom is -0.310 e. The number of nitrogens with one attached hydrogen (secondary N) is 1. The first-order chi connectivity index (χ1) is 9.61. The van der Waals surface area contributed by atoms with Gasteiger partial charge in [-0.05, 0) is 55.3 Å². The molecule has 0 bridgehead atoms. The van der Waals surface area contributed by atoms with Crippen molar-refractivity contribution < 1.29 is 0 Å². The molecule has 0 amide bonds. The molecule has 0 saturated heterocycles. The molecule has 0 aromatic heterocycles. The predicted molar refractivity (Wildman–Crippen MR) is 91.3 cm³/mol. The molecule has 0 spiro atoms. The van der Waals surface area contributed by atoms with Crippen molar-refractivity contribution in [2.75, 3.05) is 6.54 Å². The molecule has 1 fully saturated rings. The average molecular weight is 359 g/mol. The van der Waals surface area contributed by atoms with Crippen molar-refractivity contribution in [2.45, 2.75) is 52.0 Å². The monoisotopic (exact) mass is 357 g/mol. The Labute approximate surface area is 136 Å². The Kier molecular flexibility index (Phi) is 6.38. The molecule has 1 aliphatic carbocycles. The van der Waals surface area contributed by atoms with Gasteiger partial charge in [-0.1, -0.05) is 60.3 Å². The molecule has 112 valence electrons. The molecule has 0 aliphatic heterocycles. The summed E-state index contributed by atoms with van der Waals surface area (Å²) >= 11 is 9.78. The number of hydrogen-bond acceptors (Lipinski definition) is 1. The second kappa shape index (κ2) is 7.82. The van der Waals surface area contributed by atoms with Gasteiger partial charge in [0.1, 0.15) is 0 Å². The lowest BCUT2D eigenvalue weighted by Crippen LogP contribution is -2.32. The van der Waals surface area contributed by atoms with Gasteiger partial charge < -0.3 is 5.32 Å². The third-order valence-corrected chi connectivity index (χ3v) is 5.28. The smallest absolute Gasteiger partial charge is 0.0417 e. The molecule has 0 radical (unpaired) electrons. The van der Waals surface area contributed by atoms with E-state index in [0.717, 1.165) is 27.9 Å². The van der Waals surface area contributed by atoms with E-state index in [1.54, 1.807) is 0 Å². The highest BCUT2D eigenvalue weighted by Crippen LogP contribution is 2.39. The van der Waals surface area contributed by atoms with E-state index in [4.69, 9.17) is 11.6 Å². The zero-order chi connectivity index (χ0) is 14.5. The van der Waals surface area contributed by atoms with Gasteiger partial charge in [0, 0.05) is 15.5 Å². The van der Waals surface area contributed by atoms with Crippen LogP contribution in [0.3, 0.4) is 0 Å². The van der Waals surface area contributed by atoms with Crippen molar-refractivity contribution in [2.24, 2.45) is 11.8 Å². The Hall–Kier alpha value is -0.0500. The van der Waals surface area contributed by atoms with Crippen LogP contribution < -0.4 is 5.32 Å². The summed E-state index contributed by atoms with van der Waals surface area (Å²) in [6.07, 6.45) is 6.58. The lowest BCUT2D eigenvalue weighted by Gasteiger charge is -2.34. The highest BCUT2D eigenvalue weighted by molar-refractivity contribution is 9.10. The molecular formula is C17H25BrClN. The fraction of sp³-hybridized carbons (Fsp3) is 0.647. The number of benzene rings is 1. The standard InChI is InChI=1S/C17H25BrClN/c1-3-9-20-17(13-6-4-5-12(2)10-13)15-8-7-14(19)11-16(15)18/h7-8,11-13,17,20H,3-6,9-10H2,1-2H3. The summed E-state index contributed by atoms with van der Waals surface area (Å²) in [5.74, 6) is 1.59. The first kappa shape index (κ1) is 16.3. The van der Waals surface area contributed by atoms with Gasteiger partial charge >= 0.3 is 0 Å². The molecule has 1 saturated carbocycles. The van der Waals surface area contributed by atoms with E-state index >= 15 is 0 Å². The molecule has 3 unspecified atom stereocenters. The molecule has 1 aliphatic rings. The van der Waals surface area contributed by atoms with Crippen molar-refractivity contribution in [1.82, 2.24) is 5.32 Å². The fourth-order valence-corrected chi connectivity index (χ4v) is 4.30. The van der Waals surface area contributed by atoms with Crippen LogP contribution in [0.4, 0.5) is 0 Å². The van der Waals surface area contributed by atoms with Crippen LogP contribution in [0.25, 0.3) is 0 Å². The van der Waals surface area contributed by atoms with Gasteiger partial charge in [0.25, 0.3) is 0 Å². The van der Waals surface area contributed by atoms with Gasteiger partial charge in [-0.15, -0.1) is 0 Å². The van der Waals surface area contributed by atoms with Crippen LogP contribution in [-0.4, -0.2) is 6.54 Å².